The molecule has 1 aromatic carbocycles. The van der Waals surface area contributed by atoms with Crippen LogP contribution in [0.25, 0.3) is 0 Å². The van der Waals surface area contributed by atoms with Crippen LogP contribution in [-0.4, -0.2) is 89.9 Å². The number of nitrogens with one attached hydrogen (secondary N) is 2. The maximum atomic E-state index is 13.3. The molecule has 0 radical (unpaired) electrons. The Labute approximate surface area is 203 Å². The van der Waals surface area contributed by atoms with Gasteiger partial charge in [-0.25, -0.2) is 13.4 Å². The number of ketones is 1. The standard InChI is InChI=1S/C22H28N6O6S/c1-23-21(31)19(29)9-8-17(25-20(30)18-14-24-15-26(18)2)22(32)27-10-12-28(13-11-27)35(33,34)16-6-4-3-5-7-16/h3-7,14-15,17H,8-13H2,1-2H3,(H,23,31)(H,25,30). The molecule has 2 aromatic rings. The predicted molar refractivity (Wildman–Crippen MR) is 125 cm³/mol. The zero-order valence-corrected chi connectivity index (χ0v) is 20.3. The highest BCUT2D eigenvalue weighted by Gasteiger charge is 2.34. The number of likely N-dealkylation sites (N-methyl/N-ethyl adjacent to an activating group) is 1. The quantitative estimate of drug-likeness (QED) is 0.422. The Morgan fingerprint density at radius 3 is 2.29 bits per heavy atom. The fourth-order valence-corrected chi connectivity index (χ4v) is 5.15. The SMILES string of the molecule is CNC(=O)C(=O)CCC(NC(=O)c1cncn1C)C(=O)N1CCN(S(=O)(=O)c2ccccc2)CC1. The first-order chi connectivity index (χ1) is 16.6. The number of carbonyl (C=O) groups is 4. The Kier molecular flexibility index (Phi) is 8.35. The van der Waals surface area contributed by atoms with Crippen LogP contribution in [0.4, 0.5) is 0 Å². The maximum absolute atomic E-state index is 13.3. The summed E-state index contributed by atoms with van der Waals surface area (Å²) in [7, 11) is -0.737. The van der Waals surface area contributed by atoms with Crippen molar-refractivity contribution in [2.24, 2.45) is 7.05 Å². The number of rotatable bonds is 9. The van der Waals surface area contributed by atoms with E-state index in [0.29, 0.717) is 0 Å². The van der Waals surface area contributed by atoms with Gasteiger partial charge in [-0.15, -0.1) is 0 Å². The number of aryl methyl sites for hydroxylation is 1. The number of hydrogen-bond acceptors (Lipinski definition) is 7. The van der Waals surface area contributed by atoms with Gasteiger partial charge in [-0.3, -0.25) is 19.2 Å². The van der Waals surface area contributed by atoms with Gasteiger partial charge < -0.3 is 20.1 Å². The summed E-state index contributed by atoms with van der Waals surface area (Å²) in [5.74, 6) is -2.50. The van der Waals surface area contributed by atoms with Gasteiger partial charge in [0.15, 0.2) is 0 Å². The van der Waals surface area contributed by atoms with E-state index in [4.69, 9.17) is 0 Å². The number of imidazole rings is 1. The minimum atomic E-state index is -3.69. The summed E-state index contributed by atoms with van der Waals surface area (Å²) in [5.41, 5.74) is 0.221. The minimum Gasteiger partial charge on any atom is -0.353 e. The predicted octanol–water partition coefficient (Wildman–Crippen LogP) is -0.853. The van der Waals surface area contributed by atoms with Crippen LogP contribution in [0.1, 0.15) is 23.3 Å². The molecule has 1 atom stereocenters. The van der Waals surface area contributed by atoms with Crippen LogP contribution in [-0.2, 0) is 31.5 Å². The lowest BCUT2D eigenvalue weighted by Crippen LogP contribution is -2.56. The van der Waals surface area contributed by atoms with Crippen LogP contribution in [0.5, 0.6) is 0 Å². The van der Waals surface area contributed by atoms with Gasteiger partial charge in [-0.2, -0.15) is 4.31 Å². The van der Waals surface area contributed by atoms with Crippen molar-refractivity contribution in [2.45, 2.75) is 23.8 Å². The molecule has 12 nitrogen and oxygen atoms in total. The summed E-state index contributed by atoms with van der Waals surface area (Å²) in [6, 6.07) is 6.96. The van der Waals surface area contributed by atoms with Crippen LogP contribution in [0.2, 0.25) is 0 Å². The molecule has 1 aromatic heterocycles. The van der Waals surface area contributed by atoms with Crippen LogP contribution in [0, 0.1) is 0 Å². The number of benzene rings is 1. The first-order valence-corrected chi connectivity index (χ1v) is 12.4. The van der Waals surface area contributed by atoms with E-state index in [2.05, 4.69) is 15.6 Å². The summed E-state index contributed by atoms with van der Waals surface area (Å²) < 4.78 is 28.5. The molecule has 1 saturated heterocycles. The Morgan fingerprint density at radius 1 is 1.06 bits per heavy atom. The van der Waals surface area contributed by atoms with Crippen LogP contribution in [0.3, 0.4) is 0 Å². The summed E-state index contributed by atoms with van der Waals surface area (Å²) in [6.07, 6.45) is 2.45. The topological polar surface area (TPSA) is 151 Å². The molecule has 1 aliphatic heterocycles. The van der Waals surface area contributed by atoms with Crippen LogP contribution < -0.4 is 10.6 Å². The molecule has 0 saturated carbocycles. The molecule has 0 aliphatic carbocycles. The molecule has 2 heterocycles. The number of aromatic nitrogens is 2. The second-order valence-electron chi connectivity index (χ2n) is 8.00. The lowest BCUT2D eigenvalue weighted by molar-refractivity contribution is -0.138. The maximum Gasteiger partial charge on any atom is 0.287 e. The van der Waals surface area contributed by atoms with Crippen molar-refractivity contribution in [1.29, 1.82) is 0 Å². The van der Waals surface area contributed by atoms with Gasteiger partial charge in [0.1, 0.15) is 11.7 Å². The molecule has 1 unspecified atom stereocenters. The Bertz CT molecular complexity index is 1190. The Morgan fingerprint density at radius 2 is 1.71 bits per heavy atom. The van der Waals surface area contributed by atoms with E-state index in [1.807, 2.05) is 0 Å². The Hall–Kier alpha value is -3.58. The molecular weight excluding hydrogens is 476 g/mol. The van der Waals surface area contributed by atoms with E-state index in [9.17, 15) is 27.6 Å². The summed E-state index contributed by atoms with van der Waals surface area (Å²) in [4.78, 5) is 55.1. The van der Waals surface area contributed by atoms with E-state index >= 15 is 0 Å². The van der Waals surface area contributed by atoms with E-state index in [-0.39, 0.29) is 49.6 Å². The van der Waals surface area contributed by atoms with Gasteiger partial charge in [0.25, 0.3) is 11.8 Å². The van der Waals surface area contributed by atoms with Crippen molar-refractivity contribution in [2.75, 3.05) is 33.2 Å². The average molecular weight is 505 g/mol. The molecule has 3 rings (SSSR count). The number of carbonyl (C=O) groups excluding carboxylic acids is 4. The highest BCUT2D eigenvalue weighted by molar-refractivity contribution is 7.89. The Balaban J connectivity index is 1.69. The third-order valence-corrected chi connectivity index (χ3v) is 7.64. The van der Waals surface area contributed by atoms with Gasteiger partial charge in [-0.05, 0) is 18.6 Å². The number of hydrogen-bond donors (Lipinski definition) is 2. The van der Waals surface area contributed by atoms with Crippen molar-refractivity contribution in [3.05, 3.63) is 48.5 Å². The molecular formula is C22H28N6O6S. The third kappa shape index (κ3) is 6.11. The number of piperazine rings is 1. The smallest absolute Gasteiger partial charge is 0.287 e. The van der Waals surface area contributed by atoms with Crippen molar-refractivity contribution in [1.82, 2.24) is 29.4 Å². The van der Waals surface area contributed by atoms with E-state index in [0.717, 1.165) is 0 Å². The molecule has 1 fully saturated rings. The van der Waals surface area contributed by atoms with Crippen LogP contribution in [0.15, 0.2) is 47.8 Å². The van der Waals surface area contributed by atoms with Crippen molar-refractivity contribution in [3.63, 3.8) is 0 Å². The third-order valence-electron chi connectivity index (χ3n) is 5.72. The lowest BCUT2D eigenvalue weighted by atomic mass is 10.1. The molecule has 3 amide bonds. The zero-order chi connectivity index (χ0) is 25.6. The van der Waals surface area contributed by atoms with Gasteiger partial charge in [0.2, 0.25) is 21.7 Å². The highest BCUT2D eigenvalue weighted by atomic mass is 32.2. The summed E-state index contributed by atoms with van der Waals surface area (Å²) in [6.45, 7) is 0.407. The number of sulfonamides is 1. The monoisotopic (exact) mass is 504 g/mol. The summed E-state index contributed by atoms with van der Waals surface area (Å²) >= 11 is 0. The lowest BCUT2D eigenvalue weighted by Gasteiger charge is -2.36. The fourth-order valence-electron chi connectivity index (χ4n) is 3.70. The number of Topliss-reactive ketones (excluding diaryl/α,β-unsaturated/α-hetero) is 1. The van der Waals surface area contributed by atoms with E-state index in [1.54, 1.807) is 25.2 Å². The molecule has 188 valence electrons. The molecule has 0 spiro atoms. The van der Waals surface area contributed by atoms with E-state index in [1.165, 1.54) is 45.5 Å². The van der Waals surface area contributed by atoms with Crippen molar-refractivity contribution in [3.8, 4) is 0 Å². The average Bonchev–Trinajstić information content (AvgIpc) is 3.31. The molecule has 2 N–H and O–H groups in total. The highest BCUT2D eigenvalue weighted by Crippen LogP contribution is 2.18. The molecule has 1 aliphatic rings. The first kappa shape index (κ1) is 26.0. The minimum absolute atomic E-state index is 0.0858. The first-order valence-electron chi connectivity index (χ1n) is 11.0. The van der Waals surface area contributed by atoms with Crippen LogP contribution >= 0.6 is 0 Å². The number of amides is 3. The van der Waals surface area contributed by atoms with E-state index < -0.39 is 39.6 Å². The van der Waals surface area contributed by atoms with Gasteiger partial charge in [0.05, 0.1) is 17.4 Å². The second kappa shape index (κ2) is 11.2. The van der Waals surface area contributed by atoms with Crippen molar-refractivity contribution < 1.29 is 27.6 Å². The zero-order valence-electron chi connectivity index (χ0n) is 19.5. The normalized spacial score (nSPS) is 15.3. The largest absolute Gasteiger partial charge is 0.353 e. The summed E-state index contributed by atoms with van der Waals surface area (Å²) in [5, 5.41) is 4.87. The van der Waals surface area contributed by atoms with Gasteiger partial charge >= 0.3 is 0 Å². The molecule has 13 heteroatoms. The number of nitrogens with zero attached hydrogens (tertiary/aromatic N) is 4. The van der Waals surface area contributed by atoms with Crippen molar-refractivity contribution >= 4 is 33.5 Å². The van der Waals surface area contributed by atoms with Gasteiger partial charge in [-0.1, -0.05) is 18.2 Å². The van der Waals surface area contributed by atoms with Gasteiger partial charge in [0, 0.05) is 46.7 Å². The second-order valence-corrected chi connectivity index (χ2v) is 9.94. The molecule has 0 bridgehead atoms. The molecule has 35 heavy (non-hydrogen) atoms. The fraction of sp³-hybridized carbons (Fsp3) is 0.409.